The first-order chi connectivity index (χ1) is 16.8. The molecule has 1 fully saturated rings. The molecule has 35 heavy (non-hydrogen) atoms. The molecule has 2 aromatic carbocycles. The second kappa shape index (κ2) is 11.6. The molecule has 3 N–H and O–H groups in total. The number of halogens is 3. The number of rotatable bonds is 8. The summed E-state index contributed by atoms with van der Waals surface area (Å²) in [5.74, 6) is 1.13. The summed E-state index contributed by atoms with van der Waals surface area (Å²) in [7, 11) is -0.807. The molecule has 2 heterocycles. The van der Waals surface area contributed by atoms with E-state index in [2.05, 4.69) is 41.8 Å². The van der Waals surface area contributed by atoms with Crippen molar-refractivity contribution in [2.75, 3.05) is 37.9 Å². The zero-order valence-corrected chi connectivity index (χ0v) is 23.1. The van der Waals surface area contributed by atoms with Crippen molar-refractivity contribution >= 4 is 75.2 Å². The lowest BCUT2D eigenvalue weighted by Crippen LogP contribution is -2.26. The lowest BCUT2D eigenvalue weighted by molar-refractivity contribution is 0.287. The average molecular weight is 601 g/mol. The van der Waals surface area contributed by atoms with Crippen molar-refractivity contribution < 1.29 is 13.6 Å². The summed E-state index contributed by atoms with van der Waals surface area (Å²) in [4.78, 5) is 8.90. The molecule has 0 amide bonds. The van der Waals surface area contributed by atoms with Gasteiger partial charge in [-0.05, 0) is 77.6 Å². The Morgan fingerprint density at radius 2 is 1.77 bits per heavy atom. The molecule has 0 aliphatic carbocycles. The van der Waals surface area contributed by atoms with Gasteiger partial charge in [0.2, 0.25) is 5.95 Å². The second-order valence-corrected chi connectivity index (χ2v) is 11.8. The predicted molar refractivity (Wildman–Crippen MR) is 145 cm³/mol. The summed E-state index contributed by atoms with van der Waals surface area (Å²) in [6, 6.07) is 10.7. The first-order valence-electron chi connectivity index (χ1n) is 10.9. The molecule has 0 saturated carbocycles. The molecule has 1 aromatic heterocycles. The molecule has 0 spiro atoms. The fraction of sp³-hybridized carbons (Fsp3) is 0.304. The number of aromatic nitrogens is 2. The first kappa shape index (κ1) is 26.4. The molecule has 0 radical (unpaired) electrons. The Balaban J connectivity index is 1.60. The minimum atomic E-state index is -3.49. The Morgan fingerprint density at radius 1 is 1.06 bits per heavy atom. The van der Waals surface area contributed by atoms with Crippen LogP contribution in [0.25, 0.3) is 0 Å². The summed E-state index contributed by atoms with van der Waals surface area (Å²) in [5.41, 5.74) is 2.18. The molecule has 4 rings (SSSR count). The van der Waals surface area contributed by atoms with Crippen LogP contribution in [0, 0.1) is 0 Å². The van der Waals surface area contributed by atoms with E-state index in [1.165, 1.54) is 14.2 Å². The largest absolute Gasteiger partial charge is 0.362 e. The number of piperidine rings is 1. The van der Waals surface area contributed by atoms with Crippen molar-refractivity contribution in [1.82, 2.24) is 15.3 Å². The monoisotopic (exact) mass is 599 g/mol. The van der Waals surface area contributed by atoms with Crippen molar-refractivity contribution in [2.45, 2.75) is 18.8 Å². The molecule has 0 unspecified atom stereocenters. The summed E-state index contributed by atoms with van der Waals surface area (Å²) in [5, 5.41) is 11.3. The molecule has 8 nitrogen and oxygen atoms in total. The van der Waals surface area contributed by atoms with E-state index in [4.69, 9.17) is 32.2 Å². The number of nitrogens with one attached hydrogen (secondary N) is 3. The predicted octanol–water partition coefficient (Wildman–Crippen LogP) is 6.61. The first-order valence-corrected chi connectivity index (χ1v) is 14.0. The van der Waals surface area contributed by atoms with Gasteiger partial charge in [0.05, 0.1) is 26.2 Å². The maximum absolute atomic E-state index is 13.0. The van der Waals surface area contributed by atoms with Crippen LogP contribution in [0.3, 0.4) is 0 Å². The molecular formula is C23H25BrCl2N5O3P. The van der Waals surface area contributed by atoms with Gasteiger partial charge in [0, 0.05) is 25.4 Å². The van der Waals surface area contributed by atoms with Crippen LogP contribution in [0.2, 0.25) is 10.0 Å². The Labute approximate surface area is 222 Å². The fourth-order valence-corrected chi connectivity index (χ4v) is 6.02. The Morgan fingerprint density at radius 3 is 2.49 bits per heavy atom. The highest BCUT2D eigenvalue weighted by Gasteiger charge is 2.28. The highest BCUT2D eigenvalue weighted by atomic mass is 79.9. The van der Waals surface area contributed by atoms with Crippen LogP contribution < -0.4 is 21.3 Å². The molecule has 12 heteroatoms. The van der Waals surface area contributed by atoms with E-state index in [1.807, 2.05) is 12.1 Å². The summed E-state index contributed by atoms with van der Waals surface area (Å²) < 4.78 is 23.9. The molecule has 3 aromatic rings. The van der Waals surface area contributed by atoms with E-state index in [9.17, 15) is 4.57 Å². The van der Waals surface area contributed by atoms with E-state index in [-0.39, 0.29) is 0 Å². The van der Waals surface area contributed by atoms with E-state index in [0.29, 0.717) is 48.9 Å². The molecule has 1 aliphatic rings. The molecule has 0 bridgehead atoms. The number of benzene rings is 2. The van der Waals surface area contributed by atoms with Crippen molar-refractivity contribution in [3.05, 3.63) is 62.7 Å². The highest BCUT2D eigenvalue weighted by Crippen LogP contribution is 2.47. The van der Waals surface area contributed by atoms with Gasteiger partial charge in [-0.2, -0.15) is 4.98 Å². The van der Waals surface area contributed by atoms with Crippen LogP contribution in [0.1, 0.15) is 24.3 Å². The molecule has 186 valence electrons. The number of anilines is 4. The standard InChI is InChI=1S/C23H25BrCl2N5O3P/c1-33-35(32,34-2)21-6-4-3-5-19(21)29-22-16(24)13-28-23(31-22)30-20-12-17(25)15(11-18(20)26)14-7-9-27-10-8-14/h3-6,11-14,27H,7-10H2,1-2H3,(H2,28,29,30,31). The third-order valence-corrected chi connectivity index (χ3v) is 8.95. The van der Waals surface area contributed by atoms with Gasteiger partial charge >= 0.3 is 7.60 Å². The average Bonchev–Trinajstić information content (AvgIpc) is 2.88. The quantitative estimate of drug-likeness (QED) is 0.248. The third kappa shape index (κ3) is 6.00. The minimum Gasteiger partial charge on any atom is -0.338 e. The van der Waals surface area contributed by atoms with Crippen molar-refractivity contribution in [3.63, 3.8) is 0 Å². The van der Waals surface area contributed by atoms with Crippen LogP contribution in [0.4, 0.5) is 23.1 Å². The topological polar surface area (TPSA) is 97.4 Å². The second-order valence-electron chi connectivity index (χ2n) is 7.90. The van der Waals surface area contributed by atoms with Gasteiger partial charge in [0.15, 0.2) is 0 Å². The summed E-state index contributed by atoms with van der Waals surface area (Å²) in [6.45, 7) is 1.93. The van der Waals surface area contributed by atoms with Gasteiger partial charge in [-0.25, -0.2) is 4.98 Å². The molecule has 1 saturated heterocycles. The number of hydrogen-bond acceptors (Lipinski definition) is 8. The maximum Gasteiger partial charge on any atom is 0.362 e. The van der Waals surface area contributed by atoms with Crippen molar-refractivity contribution in [3.8, 4) is 0 Å². The molecule has 1 aliphatic heterocycles. The van der Waals surface area contributed by atoms with E-state index >= 15 is 0 Å². The van der Waals surface area contributed by atoms with Crippen molar-refractivity contribution in [2.24, 2.45) is 0 Å². The van der Waals surface area contributed by atoms with Crippen molar-refractivity contribution in [1.29, 1.82) is 0 Å². The Bertz CT molecular complexity index is 1250. The smallest absolute Gasteiger partial charge is 0.338 e. The Kier molecular flexibility index (Phi) is 8.71. The number of para-hydroxylation sites is 1. The van der Waals surface area contributed by atoms with Gasteiger partial charge in [-0.3, -0.25) is 4.57 Å². The van der Waals surface area contributed by atoms with Gasteiger partial charge in [0.1, 0.15) is 5.82 Å². The van der Waals surface area contributed by atoms with Gasteiger partial charge in [-0.1, -0.05) is 35.3 Å². The normalized spacial score (nSPS) is 14.7. The van der Waals surface area contributed by atoms with Gasteiger partial charge < -0.3 is 25.0 Å². The molecule has 0 atom stereocenters. The lowest BCUT2D eigenvalue weighted by atomic mass is 9.90. The molecular weight excluding hydrogens is 576 g/mol. The van der Waals surface area contributed by atoms with E-state index in [1.54, 1.807) is 30.5 Å². The maximum atomic E-state index is 13.0. The van der Waals surface area contributed by atoms with E-state index in [0.717, 1.165) is 31.5 Å². The SMILES string of the molecule is COP(=O)(OC)c1ccccc1Nc1nc(Nc2cc(Cl)c(C3CCNCC3)cc2Cl)ncc1Br. The number of nitrogens with zero attached hydrogens (tertiary/aromatic N) is 2. The highest BCUT2D eigenvalue weighted by molar-refractivity contribution is 9.10. The van der Waals surface area contributed by atoms with Gasteiger partial charge in [-0.15, -0.1) is 0 Å². The van der Waals surface area contributed by atoms with Gasteiger partial charge in [0.25, 0.3) is 0 Å². The number of hydrogen-bond donors (Lipinski definition) is 3. The minimum absolute atomic E-state index is 0.308. The zero-order valence-electron chi connectivity index (χ0n) is 19.1. The van der Waals surface area contributed by atoms with Crippen LogP contribution in [-0.2, 0) is 13.6 Å². The fourth-order valence-electron chi connectivity index (χ4n) is 3.96. The summed E-state index contributed by atoms with van der Waals surface area (Å²) in [6.07, 6.45) is 3.65. The third-order valence-electron chi connectivity index (χ3n) is 5.79. The summed E-state index contributed by atoms with van der Waals surface area (Å²) >= 11 is 16.7. The zero-order chi connectivity index (χ0) is 25.0. The van der Waals surface area contributed by atoms with E-state index < -0.39 is 7.60 Å². The lowest BCUT2D eigenvalue weighted by Gasteiger charge is -2.24. The van der Waals surface area contributed by atoms with Crippen LogP contribution in [0.15, 0.2) is 47.1 Å². The van der Waals surface area contributed by atoms with Crippen LogP contribution in [0.5, 0.6) is 0 Å². The Hall–Kier alpha value is -1.71. The van der Waals surface area contributed by atoms with Crippen LogP contribution >= 0.6 is 46.7 Å². The van der Waals surface area contributed by atoms with Crippen LogP contribution in [-0.4, -0.2) is 37.3 Å².